The van der Waals surface area contributed by atoms with Crippen LogP contribution in [0.3, 0.4) is 0 Å². The molecule has 0 aromatic heterocycles. The van der Waals surface area contributed by atoms with Gasteiger partial charge in [-0.05, 0) is 48.9 Å². The molecule has 2 aliphatic rings. The van der Waals surface area contributed by atoms with Gasteiger partial charge in [0.15, 0.2) is 0 Å². The molecule has 1 fully saturated rings. The van der Waals surface area contributed by atoms with E-state index in [4.69, 9.17) is 4.74 Å². The summed E-state index contributed by atoms with van der Waals surface area (Å²) in [5, 5.41) is 12.1. The lowest BCUT2D eigenvalue weighted by Gasteiger charge is -2.36. The fraction of sp³-hybridized carbons (Fsp3) is 0.423. The molecule has 2 aliphatic carbocycles. The van der Waals surface area contributed by atoms with Gasteiger partial charge in [0.2, 0.25) is 5.91 Å². The third-order valence-corrected chi connectivity index (χ3v) is 6.74. The molecule has 4 rings (SSSR count). The number of carbonyl (C=O) groups is 3. The molecular formula is C26H30N2O5. The molecule has 0 saturated heterocycles. The Labute approximate surface area is 193 Å². The molecule has 7 heteroatoms. The van der Waals surface area contributed by atoms with Crippen molar-refractivity contribution in [1.82, 2.24) is 10.2 Å². The van der Waals surface area contributed by atoms with Gasteiger partial charge < -0.3 is 20.1 Å². The topological polar surface area (TPSA) is 95.9 Å². The highest BCUT2D eigenvalue weighted by atomic mass is 16.5. The van der Waals surface area contributed by atoms with Crippen molar-refractivity contribution in [1.29, 1.82) is 0 Å². The predicted molar refractivity (Wildman–Crippen MR) is 124 cm³/mol. The highest BCUT2D eigenvalue weighted by molar-refractivity contribution is 5.92. The molecule has 174 valence electrons. The second-order valence-corrected chi connectivity index (χ2v) is 9.16. The van der Waals surface area contributed by atoms with Gasteiger partial charge in [-0.3, -0.25) is 9.59 Å². The average Bonchev–Trinajstić information content (AvgIpc) is 3.39. The van der Waals surface area contributed by atoms with Crippen LogP contribution in [0.25, 0.3) is 11.1 Å². The van der Waals surface area contributed by atoms with Gasteiger partial charge in [0.25, 0.3) is 0 Å². The van der Waals surface area contributed by atoms with Gasteiger partial charge in [0, 0.05) is 12.0 Å². The molecule has 2 N–H and O–H groups in total. The molecule has 0 aliphatic heterocycles. The van der Waals surface area contributed by atoms with E-state index in [0.29, 0.717) is 12.8 Å². The monoisotopic (exact) mass is 450 g/mol. The number of fused-ring (bicyclic) bond motifs is 3. The lowest BCUT2D eigenvalue weighted by Crippen LogP contribution is -2.60. The smallest absolute Gasteiger partial charge is 0.408 e. The van der Waals surface area contributed by atoms with Crippen molar-refractivity contribution in [3.63, 3.8) is 0 Å². The quantitative estimate of drug-likeness (QED) is 0.660. The van der Waals surface area contributed by atoms with Crippen LogP contribution in [0.4, 0.5) is 4.79 Å². The van der Waals surface area contributed by atoms with Crippen LogP contribution in [-0.4, -0.2) is 52.7 Å². The zero-order valence-electron chi connectivity index (χ0n) is 19.0. The third-order valence-electron chi connectivity index (χ3n) is 6.74. The summed E-state index contributed by atoms with van der Waals surface area (Å²) in [7, 11) is 0. The van der Waals surface area contributed by atoms with Gasteiger partial charge in [0.1, 0.15) is 18.7 Å². The van der Waals surface area contributed by atoms with E-state index in [1.54, 1.807) is 13.8 Å². The van der Waals surface area contributed by atoms with Gasteiger partial charge in [-0.2, -0.15) is 0 Å². The largest absolute Gasteiger partial charge is 0.480 e. The van der Waals surface area contributed by atoms with Crippen LogP contribution in [0.2, 0.25) is 0 Å². The summed E-state index contributed by atoms with van der Waals surface area (Å²) in [6.45, 7) is 3.31. The first kappa shape index (κ1) is 22.8. The molecule has 7 nitrogen and oxygen atoms in total. The number of alkyl carbamates (subject to hydrolysis) is 1. The Kier molecular flexibility index (Phi) is 6.40. The van der Waals surface area contributed by atoms with Crippen LogP contribution in [-0.2, 0) is 14.3 Å². The fourth-order valence-corrected chi connectivity index (χ4v) is 5.11. The highest BCUT2D eigenvalue weighted by Crippen LogP contribution is 2.44. The summed E-state index contributed by atoms with van der Waals surface area (Å²) in [5.74, 6) is -1.50. The molecule has 0 spiro atoms. The summed E-state index contributed by atoms with van der Waals surface area (Å²) in [6, 6.07) is 15.9. The molecule has 0 radical (unpaired) electrons. The van der Waals surface area contributed by atoms with Gasteiger partial charge >= 0.3 is 12.1 Å². The zero-order valence-corrected chi connectivity index (χ0v) is 19.0. The second kappa shape index (κ2) is 9.25. The third kappa shape index (κ3) is 4.45. The van der Waals surface area contributed by atoms with Crippen LogP contribution in [0.15, 0.2) is 48.5 Å². The summed E-state index contributed by atoms with van der Waals surface area (Å²) in [4.78, 5) is 38.9. The Balaban J connectivity index is 1.48. The SMILES string of the molecule is CC(C)N(CC(=O)O)C(=O)C1(NC(=O)OCC2c3ccccc3-c3ccccc32)CCCC1. The summed E-state index contributed by atoms with van der Waals surface area (Å²) in [6.07, 6.45) is 1.87. The first-order chi connectivity index (χ1) is 15.8. The van der Waals surface area contributed by atoms with Crippen LogP contribution in [0.1, 0.15) is 56.6 Å². The van der Waals surface area contributed by atoms with Crippen molar-refractivity contribution in [2.24, 2.45) is 0 Å². The zero-order chi connectivity index (χ0) is 23.6. The number of nitrogens with zero attached hydrogens (tertiary/aromatic N) is 1. The van der Waals surface area contributed by atoms with Crippen molar-refractivity contribution >= 4 is 18.0 Å². The van der Waals surface area contributed by atoms with E-state index in [1.807, 2.05) is 24.3 Å². The lowest BCUT2D eigenvalue weighted by atomic mass is 9.95. The number of benzene rings is 2. The number of carboxylic acid groups (broad SMARTS) is 1. The molecule has 2 aromatic carbocycles. The normalized spacial score (nSPS) is 16.2. The molecule has 0 atom stereocenters. The molecule has 2 amide bonds. The number of nitrogens with one attached hydrogen (secondary N) is 1. The Morgan fingerprint density at radius 1 is 1.03 bits per heavy atom. The van der Waals surface area contributed by atoms with Crippen LogP contribution < -0.4 is 5.32 Å². The van der Waals surface area contributed by atoms with E-state index < -0.39 is 24.1 Å². The molecule has 0 unspecified atom stereocenters. The maximum atomic E-state index is 13.4. The van der Waals surface area contributed by atoms with Gasteiger partial charge in [-0.25, -0.2) is 4.79 Å². The first-order valence-corrected chi connectivity index (χ1v) is 11.5. The summed E-state index contributed by atoms with van der Waals surface area (Å²) < 4.78 is 5.66. The average molecular weight is 451 g/mol. The number of hydrogen-bond acceptors (Lipinski definition) is 4. The number of amides is 2. The van der Waals surface area contributed by atoms with E-state index in [0.717, 1.165) is 35.1 Å². The van der Waals surface area contributed by atoms with Gasteiger partial charge in [-0.1, -0.05) is 61.4 Å². The molecular weight excluding hydrogens is 420 g/mol. The Morgan fingerprint density at radius 3 is 2.09 bits per heavy atom. The number of rotatable bonds is 7. The van der Waals surface area contributed by atoms with Crippen molar-refractivity contribution in [2.75, 3.05) is 13.2 Å². The summed E-state index contributed by atoms with van der Waals surface area (Å²) >= 11 is 0. The molecule has 0 heterocycles. The summed E-state index contributed by atoms with van der Waals surface area (Å²) in [5.41, 5.74) is 3.40. The highest BCUT2D eigenvalue weighted by Gasteiger charge is 2.46. The van der Waals surface area contributed by atoms with Crippen molar-refractivity contribution in [3.05, 3.63) is 59.7 Å². The number of aliphatic carboxylic acids is 1. The van der Waals surface area contributed by atoms with Crippen LogP contribution in [0, 0.1) is 0 Å². The van der Waals surface area contributed by atoms with Crippen LogP contribution in [0.5, 0.6) is 0 Å². The van der Waals surface area contributed by atoms with E-state index in [9.17, 15) is 19.5 Å². The minimum atomic E-state index is -1.12. The Bertz CT molecular complexity index is 1010. The number of ether oxygens (including phenoxy) is 1. The van der Waals surface area contributed by atoms with Crippen molar-refractivity contribution in [3.8, 4) is 11.1 Å². The van der Waals surface area contributed by atoms with E-state index in [1.165, 1.54) is 4.90 Å². The number of carboxylic acids is 1. The van der Waals surface area contributed by atoms with E-state index >= 15 is 0 Å². The standard InChI is InChI=1S/C26H30N2O5/c1-17(2)28(15-23(29)30)24(31)26(13-7-8-14-26)27-25(32)33-16-22-20-11-5-3-9-18(20)19-10-4-6-12-21(19)22/h3-6,9-12,17,22H,7-8,13-16H2,1-2H3,(H,27,32)(H,29,30). The molecule has 1 saturated carbocycles. The second-order valence-electron chi connectivity index (χ2n) is 9.16. The Hall–Kier alpha value is -3.35. The number of hydrogen-bond donors (Lipinski definition) is 2. The first-order valence-electron chi connectivity index (χ1n) is 11.5. The maximum absolute atomic E-state index is 13.4. The molecule has 33 heavy (non-hydrogen) atoms. The number of carbonyl (C=O) groups excluding carboxylic acids is 2. The fourth-order valence-electron chi connectivity index (χ4n) is 5.11. The maximum Gasteiger partial charge on any atom is 0.408 e. The van der Waals surface area contributed by atoms with Crippen LogP contribution >= 0.6 is 0 Å². The Morgan fingerprint density at radius 2 is 1.58 bits per heavy atom. The minimum absolute atomic E-state index is 0.0717. The van der Waals surface area contributed by atoms with E-state index in [2.05, 4.69) is 29.6 Å². The molecule has 2 aromatic rings. The van der Waals surface area contributed by atoms with Crippen molar-refractivity contribution in [2.45, 2.75) is 57.0 Å². The lowest BCUT2D eigenvalue weighted by molar-refractivity contribution is -0.149. The van der Waals surface area contributed by atoms with Gasteiger partial charge in [0.05, 0.1) is 0 Å². The minimum Gasteiger partial charge on any atom is -0.480 e. The van der Waals surface area contributed by atoms with Crippen molar-refractivity contribution < 1.29 is 24.2 Å². The van der Waals surface area contributed by atoms with E-state index in [-0.39, 0.29) is 24.5 Å². The van der Waals surface area contributed by atoms with Gasteiger partial charge in [-0.15, -0.1) is 0 Å². The predicted octanol–water partition coefficient (Wildman–Crippen LogP) is 4.16. The molecule has 0 bridgehead atoms.